The van der Waals surface area contributed by atoms with Crippen molar-refractivity contribution in [3.63, 3.8) is 0 Å². The SMILES string of the molecule is Cc1nc(F)ccc1C1=CC2CCCC(C1)N2Cc1ccccc1. The van der Waals surface area contributed by atoms with Crippen molar-refractivity contribution in [3.8, 4) is 0 Å². The van der Waals surface area contributed by atoms with Gasteiger partial charge in [0, 0.05) is 24.3 Å². The second-order valence-corrected chi connectivity index (χ2v) is 6.97. The van der Waals surface area contributed by atoms with Gasteiger partial charge in [-0.1, -0.05) is 42.8 Å². The van der Waals surface area contributed by atoms with Gasteiger partial charge in [0.2, 0.25) is 5.95 Å². The number of hydrogen-bond acceptors (Lipinski definition) is 2. The summed E-state index contributed by atoms with van der Waals surface area (Å²) in [4.78, 5) is 6.66. The van der Waals surface area contributed by atoms with E-state index in [0.717, 1.165) is 24.2 Å². The van der Waals surface area contributed by atoms with E-state index >= 15 is 0 Å². The summed E-state index contributed by atoms with van der Waals surface area (Å²) in [6, 6.07) is 15.2. The summed E-state index contributed by atoms with van der Waals surface area (Å²) in [5.41, 5.74) is 4.65. The number of aryl methyl sites for hydroxylation is 1. The van der Waals surface area contributed by atoms with Crippen molar-refractivity contribution in [2.24, 2.45) is 0 Å². The van der Waals surface area contributed by atoms with E-state index in [0.29, 0.717) is 12.1 Å². The van der Waals surface area contributed by atoms with Crippen LogP contribution in [-0.2, 0) is 6.54 Å². The predicted molar refractivity (Wildman–Crippen MR) is 94.9 cm³/mol. The summed E-state index contributed by atoms with van der Waals surface area (Å²) >= 11 is 0. The molecule has 0 amide bonds. The first-order valence-electron chi connectivity index (χ1n) is 8.84. The summed E-state index contributed by atoms with van der Waals surface area (Å²) in [6.07, 6.45) is 7.19. The molecule has 3 heterocycles. The van der Waals surface area contributed by atoms with Crippen molar-refractivity contribution in [1.82, 2.24) is 9.88 Å². The summed E-state index contributed by atoms with van der Waals surface area (Å²) in [6.45, 7) is 2.92. The van der Waals surface area contributed by atoms with E-state index in [1.807, 2.05) is 13.0 Å². The van der Waals surface area contributed by atoms with Crippen LogP contribution in [0.3, 0.4) is 0 Å². The Morgan fingerprint density at radius 1 is 1.12 bits per heavy atom. The predicted octanol–water partition coefficient (Wildman–Crippen LogP) is 4.74. The first kappa shape index (κ1) is 15.5. The van der Waals surface area contributed by atoms with E-state index in [1.54, 1.807) is 0 Å². The Morgan fingerprint density at radius 3 is 2.71 bits per heavy atom. The third-order valence-corrected chi connectivity index (χ3v) is 5.39. The molecule has 1 aromatic heterocycles. The van der Waals surface area contributed by atoms with Gasteiger partial charge in [-0.3, -0.25) is 4.90 Å². The molecular weight excluding hydrogens is 299 g/mol. The zero-order valence-corrected chi connectivity index (χ0v) is 14.1. The maximum absolute atomic E-state index is 13.3. The molecule has 2 bridgehead atoms. The fourth-order valence-electron chi connectivity index (χ4n) is 4.23. The first-order valence-corrected chi connectivity index (χ1v) is 8.84. The molecule has 1 saturated heterocycles. The van der Waals surface area contributed by atoms with Gasteiger partial charge in [0.1, 0.15) is 0 Å². The van der Waals surface area contributed by atoms with Gasteiger partial charge >= 0.3 is 0 Å². The Balaban J connectivity index is 1.62. The molecule has 0 spiro atoms. The molecule has 1 aromatic carbocycles. The molecule has 2 unspecified atom stereocenters. The highest BCUT2D eigenvalue weighted by Crippen LogP contribution is 2.38. The molecule has 2 nitrogen and oxygen atoms in total. The summed E-state index contributed by atoms with van der Waals surface area (Å²) in [5.74, 6) is -0.390. The fourth-order valence-corrected chi connectivity index (χ4v) is 4.23. The Labute approximate surface area is 143 Å². The lowest BCUT2D eigenvalue weighted by Gasteiger charge is -2.45. The zero-order valence-electron chi connectivity index (χ0n) is 14.1. The van der Waals surface area contributed by atoms with Gasteiger partial charge in [0.25, 0.3) is 0 Å². The van der Waals surface area contributed by atoms with Crippen LogP contribution < -0.4 is 0 Å². The second-order valence-electron chi connectivity index (χ2n) is 6.97. The van der Waals surface area contributed by atoms with E-state index in [9.17, 15) is 4.39 Å². The zero-order chi connectivity index (χ0) is 16.5. The molecule has 2 atom stereocenters. The number of pyridine rings is 1. The highest BCUT2D eigenvalue weighted by molar-refractivity contribution is 5.69. The smallest absolute Gasteiger partial charge is 0.213 e. The molecule has 124 valence electrons. The lowest BCUT2D eigenvalue weighted by Crippen LogP contribution is -2.47. The molecule has 2 aliphatic heterocycles. The molecule has 2 aliphatic rings. The van der Waals surface area contributed by atoms with Gasteiger partial charge < -0.3 is 0 Å². The summed E-state index contributed by atoms with van der Waals surface area (Å²) < 4.78 is 13.3. The van der Waals surface area contributed by atoms with Gasteiger partial charge in [-0.05, 0) is 55.0 Å². The van der Waals surface area contributed by atoms with Crippen molar-refractivity contribution in [2.75, 3.05) is 0 Å². The Hall–Kier alpha value is -2.00. The second kappa shape index (κ2) is 6.48. The van der Waals surface area contributed by atoms with Crippen LogP contribution in [0.2, 0.25) is 0 Å². The third-order valence-electron chi connectivity index (χ3n) is 5.39. The van der Waals surface area contributed by atoms with Gasteiger partial charge in [-0.15, -0.1) is 0 Å². The summed E-state index contributed by atoms with van der Waals surface area (Å²) in [5, 5.41) is 0. The minimum atomic E-state index is -0.390. The highest BCUT2D eigenvalue weighted by atomic mass is 19.1. The van der Waals surface area contributed by atoms with Crippen molar-refractivity contribution in [3.05, 3.63) is 71.3 Å². The molecule has 0 saturated carbocycles. The van der Waals surface area contributed by atoms with Gasteiger partial charge in [-0.25, -0.2) is 4.98 Å². The van der Waals surface area contributed by atoms with Crippen LogP contribution in [0.1, 0.15) is 42.5 Å². The average molecular weight is 322 g/mol. The number of rotatable bonds is 3. The molecule has 1 fully saturated rings. The van der Waals surface area contributed by atoms with E-state index in [-0.39, 0.29) is 0 Å². The van der Waals surface area contributed by atoms with Crippen molar-refractivity contribution in [2.45, 2.75) is 51.2 Å². The molecule has 0 aliphatic carbocycles. The van der Waals surface area contributed by atoms with Crippen molar-refractivity contribution < 1.29 is 4.39 Å². The number of nitrogens with zero attached hydrogens (tertiary/aromatic N) is 2. The number of fused-ring (bicyclic) bond motifs is 2. The van der Waals surface area contributed by atoms with E-state index in [1.165, 1.54) is 36.5 Å². The van der Waals surface area contributed by atoms with Crippen LogP contribution in [0.5, 0.6) is 0 Å². The Morgan fingerprint density at radius 2 is 1.96 bits per heavy atom. The maximum atomic E-state index is 13.3. The number of halogens is 1. The molecule has 4 rings (SSSR count). The van der Waals surface area contributed by atoms with Crippen LogP contribution in [0.15, 0.2) is 48.5 Å². The molecule has 0 N–H and O–H groups in total. The molecule has 3 heteroatoms. The maximum Gasteiger partial charge on any atom is 0.213 e. The molecule has 2 aromatic rings. The van der Waals surface area contributed by atoms with E-state index < -0.39 is 5.95 Å². The van der Waals surface area contributed by atoms with Crippen LogP contribution in [0, 0.1) is 12.9 Å². The lowest BCUT2D eigenvalue weighted by atomic mass is 9.82. The van der Waals surface area contributed by atoms with Gasteiger partial charge in [0.05, 0.1) is 0 Å². The number of aromatic nitrogens is 1. The quantitative estimate of drug-likeness (QED) is 0.759. The van der Waals surface area contributed by atoms with Crippen LogP contribution in [0.4, 0.5) is 4.39 Å². The third kappa shape index (κ3) is 3.01. The minimum absolute atomic E-state index is 0.390. The fraction of sp³-hybridized carbons (Fsp3) is 0.381. The number of hydrogen-bond donors (Lipinski definition) is 0. The Bertz CT molecular complexity index is 754. The van der Waals surface area contributed by atoms with Crippen molar-refractivity contribution >= 4 is 5.57 Å². The molecule has 0 radical (unpaired) electrons. The lowest BCUT2D eigenvalue weighted by molar-refractivity contribution is 0.0951. The van der Waals surface area contributed by atoms with Crippen molar-refractivity contribution in [1.29, 1.82) is 0 Å². The van der Waals surface area contributed by atoms with Crippen LogP contribution in [0.25, 0.3) is 5.57 Å². The normalized spacial score (nSPS) is 23.8. The molecular formula is C21H23FN2. The van der Waals surface area contributed by atoms with Gasteiger partial charge in [0.15, 0.2) is 0 Å². The average Bonchev–Trinajstić information content (AvgIpc) is 2.56. The highest BCUT2D eigenvalue weighted by Gasteiger charge is 2.34. The topological polar surface area (TPSA) is 16.1 Å². The largest absolute Gasteiger partial charge is 0.289 e. The van der Waals surface area contributed by atoms with Crippen LogP contribution in [-0.4, -0.2) is 22.0 Å². The molecule has 24 heavy (non-hydrogen) atoms. The van der Waals surface area contributed by atoms with E-state index in [4.69, 9.17) is 0 Å². The first-order chi connectivity index (χ1) is 11.7. The number of piperidine rings is 1. The van der Waals surface area contributed by atoms with Gasteiger partial charge in [-0.2, -0.15) is 4.39 Å². The number of benzene rings is 1. The monoisotopic (exact) mass is 322 g/mol. The summed E-state index contributed by atoms with van der Waals surface area (Å²) in [7, 11) is 0. The van der Waals surface area contributed by atoms with Crippen LogP contribution >= 0.6 is 0 Å². The Kier molecular flexibility index (Phi) is 4.19. The minimum Gasteiger partial charge on any atom is -0.289 e. The van der Waals surface area contributed by atoms with E-state index in [2.05, 4.69) is 46.3 Å². The standard InChI is InChI=1S/C21H23FN2/c1-15-20(10-11-21(22)23-15)17-12-18-8-5-9-19(13-17)24(18)14-16-6-3-2-4-7-16/h2-4,6-7,10-12,18-19H,5,8-9,13-14H2,1H3.